The molecule has 1 aromatic carbocycles. The van der Waals surface area contributed by atoms with Crippen LogP contribution in [0.3, 0.4) is 0 Å². The lowest BCUT2D eigenvalue weighted by molar-refractivity contribution is -0.128. The van der Waals surface area contributed by atoms with Crippen molar-refractivity contribution in [3.8, 4) is 0 Å². The molecule has 104 valence electrons. The lowest BCUT2D eigenvalue weighted by Gasteiger charge is -2.24. The summed E-state index contributed by atoms with van der Waals surface area (Å²) in [4.78, 5) is 16.1. The first kappa shape index (κ1) is 14.3. The second kappa shape index (κ2) is 6.39. The van der Waals surface area contributed by atoms with Crippen molar-refractivity contribution in [2.75, 3.05) is 31.6 Å². The van der Waals surface area contributed by atoms with Crippen molar-refractivity contribution in [2.24, 2.45) is 5.73 Å². The Balaban J connectivity index is 2.08. The van der Waals surface area contributed by atoms with Crippen LogP contribution in [-0.4, -0.2) is 37.5 Å². The van der Waals surface area contributed by atoms with Crippen LogP contribution in [0.1, 0.15) is 18.4 Å². The highest BCUT2D eigenvalue weighted by Gasteiger charge is 2.20. The van der Waals surface area contributed by atoms with Gasteiger partial charge >= 0.3 is 0 Å². The van der Waals surface area contributed by atoms with Gasteiger partial charge in [-0.1, -0.05) is 22.0 Å². The van der Waals surface area contributed by atoms with E-state index in [-0.39, 0.29) is 5.91 Å². The number of benzene rings is 1. The van der Waals surface area contributed by atoms with Gasteiger partial charge in [-0.15, -0.1) is 0 Å². The van der Waals surface area contributed by atoms with Crippen LogP contribution < -0.4 is 10.6 Å². The summed E-state index contributed by atoms with van der Waals surface area (Å²) in [6.45, 7) is 2.68. The standard InChI is InChI=1S/C14H20BrN3O/c1-17(10-14(19)18-6-2-3-7-18)13-8-12(15)5-4-11(13)9-16/h4-5,8H,2-3,6-7,9-10,16H2,1H3. The summed E-state index contributed by atoms with van der Waals surface area (Å²) in [5, 5.41) is 0. The second-order valence-electron chi connectivity index (χ2n) is 4.92. The molecule has 0 unspecified atom stereocenters. The van der Waals surface area contributed by atoms with Crippen LogP contribution in [0.25, 0.3) is 0 Å². The molecule has 1 saturated heterocycles. The zero-order valence-corrected chi connectivity index (χ0v) is 12.8. The van der Waals surface area contributed by atoms with E-state index in [1.807, 2.05) is 35.0 Å². The third-order valence-corrected chi connectivity index (χ3v) is 4.00. The van der Waals surface area contributed by atoms with Crippen LogP contribution in [0, 0.1) is 0 Å². The van der Waals surface area contributed by atoms with Crippen molar-refractivity contribution in [2.45, 2.75) is 19.4 Å². The predicted octanol–water partition coefficient (Wildman–Crippen LogP) is 1.97. The van der Waals surface area contributed by atoms with E-state index >= 15 is 0 Å². The molecule has 0 aliphatic carbocycles. The molecule has 1 aliphatic heterocycles. The Bertz CT molecular complexity index is 458. The average molecular weight is 326 g/mol. The molecular weight excluding hydrogens is 306 g/mol. The molecular formula is C14H20BrN3O. The Morgan fingerprint density at radius 2 is 2.11 bits per heavy atom. The molecule has 1 amide bonds. The summed E-state index contributed by atoms with van der Waals surface area (Å²) in [7, 11) is 1.94. The minimum absolute atomic E-state index is 0.197. The highest BCUT2D eigenvalue weighted by atomic mass is 79.9. The van der Waals surface area contributed by atoms with Gasteiger partial charge < -0.3 is 15.5 Å². The lowest BCUT2D eigenvalue weighted by Crippen LogP contribution is -2.37. The molecule has 1 aromatic rings. The molecule has 0 atom stereocenters. The van der Waals surface area contributed by atoms with E-state index in [1.54, 1.807) is 0 Å². The number of likely N-dealkylation sites (N-methyl/N-ethyl adjacent to an activating group) is 1. The first-order chi connectivity index (χ1) is 9.11. The van der Waals surface area contributed by atoms with Gasteiger partial charge in [0.25, 0.3) is 0 Å². The van der Waals surface area contributed by atoms with Crippen LogP contribution in [0.2, 0.25) is 0 Å². The Hall–Kier alpha value is -1.07. The molecule has 1 heterocycles. The van der Waals surface area contributed by atoms with Gasteiger partial charge in [-0.25, -0.2) is 0 Å². The van der Waals surface area contributed by atoms with Gasteiger partial charge in [-0.2, -0.15) is 0 Å². The van der Waals surface area contributed by atoms with E-state index in [1.165, 1.54) is 0 Å². The SMILES string of the molecule is CN(CC(=O)N1CCCC1)c1cc(Br)ccc1CN. The number of hydrogen-bond donors (Lipinski definition) is 1. The molecule has 0 radical (unpaired) electrons. The summed E-state index contributed by atoms with van der Waals surface area (Å²) in [6, 6.07) is 5.98. The van der Waals surface area contributed by atoms with Crippen LogP contribution >= 0.6 is 15.9 Å². The van der Waals surface area contributed by atoms with Gasteiger partial charge in [-0.05, 0) is 30.5 Å². The van der Waals surface area contributed by atoms with E-state index in [0.717, 1.165) is 41.7 Å². The molecule has 2 rings (SSSR count). The van der Waals surface area contributed by atoms with Gasteiger partial charge in [0, 0.05) is 36.8 Å². The smallest absolute Gasteiger partial charge is 0.242 e. The highest BCUT2D eigenvalue weighted by molar-refractivity contribution is 9.10. The molecule has 1 fully saturated rings. The Morgan fingerprint density at radius 3 is 2.74 bits per heavy atom. The van der Waals surface area contributed by atoms with Gasteiger partial charge in [0.1, 0.15) is 0 Å². The molecule has 0 saturated carbocycles. The summed E-state index contributed by atoms with van der Waals surface area (Å²) < 4.78 is 1.00. The lowest BCUT2D eigenvalue weighted by atomic mass is 10.1. The van der Waals surface area contributed by atoms with Gasteiger partial charge in [0.05, 0.1) is 6.54 Å². The number of anilines is 1. The first-order valence-electron chi connectivity index (χ1n) is 6.59. The minimum atomic E-state index is 0.197. The normalized spacial score (nSPS) is 14.8. The topological polar surface area (TPSA) is 49.6 Å². The summed E-state index contributed by atoms with van der Waals surface area (Å²) in [5.74, 6) is 0.197. The number of likely N-dealkylation sites (tertiary alicyclic amines) is 1. The van der Waals surface area contributed by atoms with Crippen molar-refractivity contribution in [3.63, 3.8) is 0 Å². The maximum Gasteiger partial charge on any atom is 0.242 e. The summed E-state index contributed by atoms with van der Waals surface area (Å²) >= 11 is 3.46. The van der Waals surface area contributed by atoms with E-state index in [0.29, 0.717) is 13.1 Å². The highest BCUT2D eigenvalue weighted by Crippen LogP contribution is 2.24. The second-order valence-corrected chi connectivity index (χ2v) is 5.84. The van der Waals surface area contributed by atoms with E-state index < -0.39 is 0 Å². The molecule has 0 bridgehead atoms. The van der Waals surface area contributed by atoms with Gasteiger partial charge in [-0.3, -0.25) is 4.79 Å². The zero-order chi connectivity index (χ0) is 13.8. The van der Waals surface area contributed by atoms with Crippen molar-refractivity contribution >= 4 is 27.5 Å². The fourth-order valence-electron chi connectivity index (χ4n) is 2.42. The molecule has 0 spiro atoms. The number of amides is 1. The Labute approximate surface area is 122 Å². The van der Waals surface area contributed by atoms with Crippen LogP contribution in [-0.2, 0) is 11.3 Å². The number of carbonyl (C=O) groups excluding carboxylic acids is 1. The molecule has 4 nitrogen and oxygen atoms in total. The van der Waals surface area contributed by atoms with Crippen molar-refractivity contribution in [3.05, 3.63) is 28.2 Å². The summed E-state index contributed by atoms with van der Waals surface area (Å²) in [6.07, 6.45) is 2.25. The maximum atomic E-state index is 12.2. The van der Waals surface area contributed by atoms with Crippen molar-refractivity contribution in [1.29, 1.82) is 0 Å². The zero-order valence-electron chi connectivity index (χ0n) is 11.2. The van der Waals surface area contributed by atoms with E-state index in [2.05, 4.69) is 15.9 Å². The molecule has 1 aliphatic rings. The van der Waals surface area contributed by atoms with Crippen LogP contribution in [0.4, 0.5) is 5.69 Å². The molecule has 19 heavy (non-hydrogen) atoms. The number of halogens is 1. The van der Waals surface area contributed by atoms with Gasteiger partial charge in [0.2, 0.25) is 5.91 Å². The quantitative estimate of drug-likeness (QED) is 0.920. The first-order valence-corrected chi connectivity index (χ1v) is 7.38. The molecule has 2 N–H and O–H groups in total. The minimum Gasteiger partial charge on any atom is -0.365 e. The fourth-order valence-corrected chi connectivity index (χ4v) is 2.77. The number of rotatable bonds is 4. The number of hydrogen-bond acceptors (Lipinski definition) is 3. The maximum absolute atomic E-state index is 12.2. The van der Waals surface area contributed by atoms with E-state index in [9.17, 15) is 4.79 Å². The molecule has 0 aromatic heterocycles. The number of carbonyl (C=O) groups is 1. The fraction of sp³-hybridized carbons (Fsp3) is 0.500. The third kappa shape index (κ3) is 3.48. The largest absolute Gasteiger partial charge is 0.365 e. The Morgan fingerprint density at radius 1 is 1.42 bits per heavy atom. The number of nitrogens with zero attached hydrogens (tertiary/aromatic N) is 2. The predicted molar refractivity (Wildman–Crippen MR) is 81.1 cm³/mol. The van der Waals surface area contributed by atoms with Crippen molar-refractivity contribution in [1.82, 2.24) is 4.90 Å². The average Bonchev–Trinajstić information content (AvgIpc) is 2.92. The number of nitrogens with two attached hydrogens (primary N) is 1. The summed E-state index contributed by atoms with van der Waals surface area (Å²) in [5.41, 5.74) is 7.83. The third-order valence-electron chi connectivity index (χ3n) is 3.51. The van der Waals surface area contributed by atoms with Gasteiger partial charge in [0.15, 0.2) is 0 Å². The Kier molecular flexibility index (Phi) is 4.82. The molecule has 5 heteroatoms. The monoisotopic (exact) mass is 325 g/mol. The van der Waals surface area contributed by atoms with E-state index in [4.69, 9.17) is 5.73 Å². The van der Waals surface area contributed by atoms with Crippen LogP contribution in [0.5, 0.6) is 0 Å². The van der Waals surface area contributed by atoms with Crippen molar-refractivity contribution < 1.29 is 4.79 Å². The van der Waals surface area contributed by atoms with Crippen LogP contribution in [0.15, 0.2) is 22.7 Å².